The van der Waals surface area contributed by atoms with E-state index in [2.05, 4.69) is 13.2 Å². The van der Waals surface area contributed by atoms with Crippen LogP contribution in [0.25, 0.3) is 0 Å². The van der Waals surface area contributed by atoms with E-state index in [1.165, 1.54) is 4.90 Å². The third-order valence-corrected chi connectivity index (χ3v) is 2.00. The maximum absolute atomic E-state index is 11.7. The van der Waals surface area contributed by atoms with E-state index in [0.717, 1.165) is 0 Å². The summed E-state index contributed by atoms with van der Waals surface area (Å²) in [4.78, 5) is 23.6. The molecule has 0 fully saturated rings. The van der Waals surface area contributed by atoms with Gasteiger partial charge in [-0.2, -0.15) is 0 Å². The van der Waals surface area contributed by atoms with Gasteiger partial charge in [0.05, 0.1) is 6.04 Å². The highest BCUT2D eigenvalue weighted by Crippen LogP contribution is 2.01. The predicted octanol–water partition coefficient (Wildman–Crippen LogP) is 0.379. The Morgan fingerprint density at radius 1 is 1.31 bits per heavy atom. The van der Waals surface area contributed by atoms with Crippen molar-refractivity contribution in [2.45, 2.75) is 18.9 Å². The van der Waals surface area contributed by atoms with Gasteiger partial charge in [-0.15, -0.1) is 13.2 Å². The highest BCUT2D eigenvalue weighted by Gasteiger charge is 2.19. The van der Waals surface area contributed by atoms with Crippen LogP contribution in [-0.2, 0) is 9.59 Å². The van der Waals surface area contributed by atoms with E-state index in [1.807, 2.05) is 0 Å². The number of rotatable bonds is 8. The van der Waals surface area contributed by atoms with Crippen molar-refractivity contribution in [2.24, 2.45) is 5.73 Å². The zero-order chi connectivity index (χ0) is 12.6. The summed E-state index contributed by atoms with van der Waals surface area (Å²) in [5.74, 6) is -1.23. The van der Waals surface area contributed by atoms with Gasteiger partial charge in [0, 0.05) is 19.5 Å². The van der Waals surface area contributed by atoms with Gasteiger partial charge in [0.15, 0.2) is 0 Å². The zero-order valence-electron chi connectivity index (χ0n) is 9.26. The fraction of sp³-hybridized carbons (Fsp3) is 0.455. The van der Waals surface area contributed by atoms with Crippen LogP contribution in [0, 0.1) is 0 Å². The van der Waals surface area contributed by atoms with Gasteiger partial charge in [-0.25, -0.2) is 0 Å². The van der Waals surface area contributed by atoms with E-state index in [-0.39, 0.29) is 18.7 Å². The summed E-state index contributed by atoms with van der Waals surface area (Å²) in [6, 6.07) is -0.781. The normalized spacial score (nSPS) is 11.6. The number of nitrogens with zero attached hydrogens (tertiary/aromatic N) is 1. The first-order valence-electron chi connectivity index (χ1n) is 5.00. The minimum Gasteiger partial charge on any atom is -0.481 e. The Hall–Kier alpha value is -1.62. The molecule has 0 spiro atoms. The minimum atomic E-state index is -0.956. The Bertz CT molecular complexity index is 266. The highest BCUT2D eigenvalue weighted by molar-refractivity contribution is 5.82. The van der Waals surface area contributed by atoms with Crippen molar-refractivity contribution in [3.8, 4) is 0 Å². The van der Waals surface area contributed by atoms with Crippen LogP contribution in [-0.4, -0.2) is 41.0 Å². The summed E-state index contributed by atoms with van der Waals surface area (Å²) in [6.45, 7) is 7.83. The number of carboxylic acids is 1. The molecule has 0 rings (SSSR count). The van der Waals surface area contributed by atoms with Gasteiger partial charge in [-0.05, 0) is 6.42 Å². The Morgan fingerprint density at radius 2 is 1.81 bits per heavy atom. The summed E-state index contributed by atoms with van der Waals surface area (Å²) >= 11 is 0. The molecule has 90 valence electrons. The van der Waals surface area contributed by atoms with Gasteiger partial charge in [0.2, 0.25) is 5.91 Å². The van der Waals surface area contributed by atoms with Gasteiger partial charge >= 0.3 is 5.97 Å². The molecule has 5 nitrogen and oxygen atoms in total. The largest absolute Gasteiger partial charge is 0.481 e. The number of carbonyl (C=O) groups is 2. The van der Waals surface area contributed by atoms with Crippen LogP contribution < -0.4 is 5.73 Å². The number of carbonyl (C=O) groups excluding carboxylic acids is 1. The lowest BCUT2D eigenvalue weighted by molar-refractivity contribution is -0.137. The van der Waals surface area contributed by atoms with Crippen LogP contribution in [0.15, 0.2) is 25.3 Å². The molecule has 0 bridgehead atoms. The Balaban J connectivity index is 4.29. The highest BCUT2D eigenvalue weighted by atomic mass is 16.4. The van der Waals surface area contributed by atoms with Gasteiger partial charge in [-0.1, -0.05) is 12.2 Å². The van der Waals surface area contributed by atoms with Crippen molar-refractivity contribution in [3.63, 3.8) is 0 Å². The van der Waals surface area contributed by atoms with Crippen molar-refractivity contribution in [2.75, 3.05) is 13.1 Å². The molecule has 0 saturated carbocycles. The molecule has 0 aliphatic heterocycles. The van der Waals surface area contributed by atoms with Gasteiger partial charge < -0.3 is 15.7 Å². The summed E-state index contributed by atoms with van der Waals surface area (Å²) < 4.78 is 0. The third-order valence-electron chi connectivity index (χ3n) is 2.00. The molecule has 16 heavy (non-hydrogen) atoms. The van der Waals surface area contributed by atoms with Crippen molar-refractivity contribution < 1.29 is 14.7 Å². The molecule has 0 radical (unpaired) electrons. The first-order chi connectivity index (χ1) is 7.52. The average Bonchev–Trinajstić information content (AvgIpc) is 2.24. The zero-order valence-corrected chi connectivity index (χ0v) is 9.26. The van der Waals surface area contributed by atoms with Crippen molar-refractivity contribution in [3.05, 3.63) is 25.3 Å². The van der Waals surface area contributed by atoms with Crippen LogP contribution in [0.3, 0.4) is 0 Å². The summed E-state index contributed by atoms with van der Waals surface area (Å²) in [5.41, 5.74) is 5.60. The molecule has 3 N–H and O–H groups in total. The molecule has 1 atom stereocenters. The molecule has 0 aromatic rings. The first kappa shape index (κ1) is 14.4. The third kappa shape index (κ3) is 5.31. The Morgan fingerprint density at radius 3 is 2.19 bits per heavy atom. The molecule has 0 aromatic heterocycles. The molecular weight excluding hydrogens is 208 g/mol. The topological polar surface area (TPSA) is 83.6 Å². The molecule has 0 heterocycles. The molecule has 5 heteroatoms. The van der Waals surface area contributed by atoms with Crippen LogP contribution >= 0.6 is 0 Å². The fourth-order valence-electron chi connectivity index (χ4n) is 1.20. The number of hydrogen-bond acceptors (Lipinski definition) is 3. The first-order valence-corrected chi connectivity index (χ1v) is 5.00. The molecule has 0 saturated heterocycles. The summed E-state index contributed by atoms with van der Waals surface area (Å²) in [5, 5.41) is 8.48. The van der Waals surface area contributed by atoms with Crippen LogP contribution in [0.4, 0.5) is 0 Å². The van der Waals surface area contributed by atoms with Crippen molar-refractivity contribution >= 4 is 11.9 Å². The van der Waals surface area contributed by atoms with E-state index >= 15 is 0 Å². The number of aliphatic carboxylic acids is 1. The van der Waals surface area contributed by atoms with Crippen molar-refractivity contribution in [1.29, 1.82) is 0 Å². The van der Waals surface area contributed by atoms with E-state index in [9.17, 15) is 9.59 Å². The van der Waals surface area contributed by atoms with Gasteiger partial charge in [-0.3, -0.25) is 9.59 Å². The Labute approximate surface area is 95.2 Å². The average molecular weight is 226 g/mol. The Kier molecular flexibility index (Phi) is 6.87. The van der Waals surface area contributed by atoms with Crippen molar-refractivity contribution in [1.82, 2.24) is 4.90 Å². The number of nitrogens with two attached hydrogens (primary N) is 1. The maximum atomic E-state index is 11.7. The lowest BCUT2D eigenvalue weighted by Gasteiger charge is -2.22. The van der Waals surface area contributed by atoms with Gasteiger partial charge in [0.1, 0.15) is 0 Å². The van der Waals surface area contributed by atoms with E-state index in [0.29, 0.717) is 13.1 Å². The molecule has 0 aliphatic rings. The number of carboxylic acid groups (broad SMARTS) is 1. The number of hydrogen-bond donors (Lipinski definition) is 2. The summed E-state index contributed by atoms with van der Waals surface area (Å²) in [7, 11) is 0. The summed E-state index contributed by atoms with van der Waals surface area (Å²) in [6.07, 6.45) is 3.21. The van der Waals surface area contributed by atoms with Gasteiger partial charge in [0.25, 0.3) is 0 Å². The standard InChI is InChI=1S/C11H18N2O3/c1-3-7-13(8-4-2)11(16)9(12)5-6-10(14)15/h3-4,9H,1-2,5-8,12H2,(H,14,15). The quantitative estimate of drug-likeness (QED) is 0.586. The lowest BCUT2D eigenvalue weighted by Crippen LogP contribution is -2.44. The second-order valence-corrected chi connectivity index (χ2v) is 3.36. The predicted molar refractivity (Wildman–Crippen MR) is 61.8 cm³/mol. The molecule has 1 amide bonds. The number of amides is 1. The monoisotopic (exact) mass is 226 g/mol. The van der Waals surface area contributed by atoms with Crippen LogP contribution in [0.5, 0.6) is 0 Å². The lowest BCUT2D eigenvalue weighted by atomic mass is 10.1. The second-order valence-electron chi connectivity index (χ2n) is 3.36. The smallest absolute Gasteiger partial charge is 0.303 e. The minimum absolute atomic E-state index is 0.108. The molecular formula is C11H18N2O3. The van der Waals surface area contributed by atoms with E-state index < -0.39 is 12.0 Å². The van der Waals surface area contributed by atoms with E-state index in [1.54, 1.807) is 12.2 Å². The molecule has 1 unspecified atom stereocenters. The second kappa shape index (κ2) is 7.64. The van der Waals surface area contributed by atoms with Crippen LogP contribution in [0.1, 0.15) is 12.8 Å². The molecule has 0 aliphatic carbocycles. The fourth-order valence-corrected chi connectivity index (χ4v) is 1.20. The van der Waals surface area contributed by atoms with Crippen LogP contribution in [0.2, 0.25) is 0 Å². The molecule has 0 aromatic carbocycles. The SMILES string of the molecule is C=CCN(CC=C)C(=O)C(N)CCC(=O)O. The van der Waals surface area contributed by atoms with E-state index in [4.69, 9.17) is 10.8 Å². The maximum Gasteiger partial charge on any atom is 0.303 e.